The van der Waals surface area contributed by atoms with Crippen LogP contribution in [0.25, 0.3) is 0 Å². The molecule has 0 bridgehead atoms. The molecular weight excluding hydrogens is 402 g/mol. The van der Waals surface area contributed by atoms with Gasteiger partial charge in [0.15, 0.2) is 0 Å². The Morgan fingerprint density at radius 2 is 1.97 bits per heavy atom. The second kappa shape index (κ2) is 8.63. The van der Waals surface area contributed by atoms with Crippen molar-refractivity contribution in [2.45, 2.75) is 49.6 Å². The number of piperidine rings is 1. The summed E-state index contributed by atoms with van der Waals surface area (Å²) in [7, 11) is -2.07. The number of anilines is 1. The number of primary sulfonamides is 1. The molecule has 29 heavy (non-hydrogen) atoms. The highest BCUT2D eigenvalue weighted by molar-refractivity contribution is 7.89. The lowest BCUT2D eigenvalue weighted by atomic mass is 10.0. The van der Waals surface area contributed by atoms with Gasteiger partial charge in [-0.3, -0.25) is 14.6 Å². The summed E-state index contributed by atoms with van der Waals surface area (Å²) in [5.74, 6) is -0.0426. The lowest BCUT2D eigenvalue weighted by Crippen LogP contribution is -2.49. The zero-order valence-electron chi connectivity index (χ0n) is 16.7. The van der Waals surface area contributed by atoms with Gasteiger partial charge in [0.05, 0.1) is 18.0 Å². The molecule has 0 aromatic heterocycles. The van der Waals surface area contributed by atoms with Crippen molar-refractivity contribution >= 4 is 21.6 Å². The van der Waals surface area contributed by atoms with Gasteiger partial charge in [-0.1, -0.05) is 0 Å². The second-order valence-corrected chi connectivity index (χ2v) is 9.55. The Bertz CT molecular complexity index is 857. The maximum absolute atomic E-state index is 13.0. The van der Waals surface area contributed by atoms with Crippen LogP contribution in [0, 0.1) is 0 Å². The number of rotatable bonds is 6. The summed E-state index contributed by atoms with van der Waals surface area (Å²) in [4.78, 5) is 18.5. The molecule has 162 valence electrons. The van der Waals surface area contributed by atoms with Gasteiger partial charge in [0.25, 0.3) is 6.43 Å². The van der Waals surface area contributed by atoms with E-state index in [9.17, 15) is 22.0 Å². The number of carbonyl (C=O) groups is 1. The summed E-state index contributed by atoms with van der Waals surface area (Å²) in [5, 5.41) is 5.20. The van der Waals surface area contributed by atoms with E-state index >= 15 is 0 Å². The molecule has 1 atom stereocenters. The van der Waals surface area contributed by atoms with Crippen LogP contribution in [0.5, 0.6) is 0 Å². The minimum atomic E-state index is -3.78. The molecule has 1 aromatic rings. The first kappa shape index (κ1) is 22.1. The van der Waals surface area contributed by atoms with Crippen LogP contribution >= 0.6 is 0 Å². The molecule has 2 N–H and O–H groups in total. The fraction of sp³-hybridized carbons (Fsp3) is 0.632. The van der Waals surface area contributed by atoms with Gasteiger partial charge in [-0.15, -0.1) is 0 Å². The molecular formula is C19H28F2N4O3S. The number of nitrogens with zero attached hydrogens (tertiary/aromatic N) is 3. The van der Waals surface area contributed by atoms with Gasteiger partial charge < -0.3 is 4.90 Å². The lowest BCUT2D eigenvalue weighted by molar-refractivity contribution is -0.120. The van der Waals surface area contributed by atoms with E-state index in [1.807, 2.05) is 6.92 Å². The van der Waals surface area contributed by atoms with Crippen molar-refractivity contribution in [2.24, 2.45) is 5.14 Å². The number of sulfonamides is 1. The molecule has 1 unspecified atom stereocenters. The van der Waals surface area contributed by atoms with Crippen molar-refractivity contribution in [1.82, 2.24) is 9.80 Å². The number of halogens is 2. The summed E-state index contributed by atoms with van der Waals surface area (Å²) >= 11 is 0. The first-order valence-corrected chi connectivity index (χ1v) is 11.3. The van der Waals surface area contributed by atoms with Gasteiger partial charge in [-0.25, -0.2) is 22.3 Å². The third-order valence-corrected chi connectivity index (χ3v) is 6.74. The van der Waals surface area contributed by atoms with E-state index < -0.39 is 16.4 Å². The van der Waals surface area contributed by atoms with Gasteiger partial charge in [-0.2, -0.15) is 0 Å². The standard InChI is InChI=1S/C19H28F2N4O3S/c1-13-9-14-10-16(29(22,27)28)3-4-17(14)25(13)19(26)12-24-7-5-15(6-8-24)23(2)11-18(20)21/h3-4,10,13,15,18H,5-9,11-12H2,1-2H3,(H2,22,27,28). The van der Waals surface area contributed by atoms with Crippen LogP contribution in [0.4, 0.5) is 14.5 Å². The Labute approximate surface area is 170 Å². The Morgan fingerprint density at radius 1 is 1.31 bits per heavy atom. The van der Waals surface area contributed by atoms with Crippen LogP contribution in [-0.4, -0.2) is 75.9 Å². The zero-order chi connectivity index (χ0) is 21.3. The maximum Gasteiger partial charge on any atom is 0.251 e. The van der Waals surface area contributed by atoms with E-state index in [4.69, 9.17) is 5.14 Å². The molecule has 0 radical (unpaired) electrons. The highest BCUT2D eigenvalue weighted by Gasteiger charge is 2.33. The molecule has 1 amide bonds. The van der Waals surface area contributed by atoms with E-state index in [1.165, 1.54) is 6.07 Å². The summed E-state index contributed by atoms with van der Waals surface area (Å²) in [5.41, 5.74) is 1.52. The SMILES string of the molecule is CC1Cc2cc(S(N)(=O)=O)ccc2N1C(=O)CN1CCC(N(C)CC(F)F)CC1. The number of hydrogen-bond donors (Lipinski definition) is 1. The average Bonchev–Trinajstić information content (AvgIpc) is 2.95. The fourth-order valence-electron chi connectivity index (χ4n) is 4.32. The van der Waals surface area contributed by atoms with E-state index in [1.54, 1.807) is 29.0 Å². The number of alkyl halides is 2. The second-order valence-electron chi connectivity index (χ2n) is 7.99. The largest absolute Gasteiger partial charge is 0.308 e. The van der Waals surface area contributed by atoms with Crippen molar-refractivity contribution < 1.29 is 22.0 Å². The predicted octanol–water partition coefficient (Wildman–Crippen LogP) is 1.27. The molecule has 0 spiro atoms. The Morgan fingerprint density at radius 3 is 2.55 bits per heavy atom. The molecule has 1 fully saturated rings. The number of fused-ring (bicyclic) bond motifs is 1. The van der Waals surface area contributed by atoms with E-state index in [-0.39, 0.29) is 36.0 Å². The van der Waals surface area contributed by atoms with Crippen LogP contribution in [0.3, 0.4) is 0 Å². The molecule has 3 rings (SSSR count). The summed E-state index contributed by atoms with van der Waals surface area (Å²) in [6.07, 6.45) is -0.267. The summed E-state index contributed by atoms with van der Waals surface area (Å²) in [6.45, 7) is 3.32. The van der Waals surface area contributed by atoms with Gasteiger partial charge in [0.2, 0.25) is 15.9 Å². The van der Waals surface area contributed by atoms with Crippen LogP contribution in [0.15, 0.2) is 23.1 Å². The summed E-state index contributed by atoms with van der Waals surface area (Å²) < 4.78 is 48.3. The van der Waals surface area contributed by atoms with Gasteiger partial charge in [0.1, 0.15) is 0 Å². The van der Waals surface area contributed by atoms with E-state index in [0.29, 0.717) is 19.5 Å². The molecule has 2 aliphatic rings. The molecule has 2 heterocycles. The molecule has 1 aromatic carbocycles. The van der Waals surface area contributed by atoms with Crippen molar-refractivity contribution in [3.63, 3.8) is 0 Å². The van der Waals surface area contributed by atoms with Crippen LogP contribution < -0.4 is 10.0 Å². The predicted molar refractivity (Wildman–Crippen MR) is 107 cm³/mol. The molecule has 0 aliphatic carbocycles. The topological polar surface area (TPSA) is 86.9 Å². The molecule has 10 heteroatoms. The monoisotopic (exact) mass is 430 g/mol. The minimum absolute atomic E-state index is 0.0426. The third kappa shape index (κ3) is 5.11. The first-order chi connectivity index (χ1) is 13.6. The van der Waals surface area contributed by atoms with Crippen molar-refractivity contribution in [2.75, 3.05) is 38.1 Å². The number of carbonyl (C=O) groups excluding carboxylic acids is 1. The quantitative estimate of drug-likeness (QED) is 0.735. The first-order valence-electron chi connectivity index (χ1n) is 9.74. The summed E-state index contributed by atoms with van der Waals surface area (Å²) in [6, 6.07) is 4.65. The van der Waals surface area contributed by atoms with E-state index in [0.717, 1.165) is 24.1 Å². The lowest BCUT2D eigenvalue weighted by Gasteiger charge is -2.37. The van der Waals surface area contributed by atoms with Crippen LogP contribution in [-0.2, 0) is 21.2 Å². The maximum atomic E-state index is 13.0. The van der Waals surface area contributed by atoms with Gasteiger partial charge in [-0.05, 0) is 57.0 Å². The number of amides is 1. The highest BCUT2D eigenvalue weighted by Crippen LogP contribution is 2.34. The smallest absolute Gasteiger partial charge is 0.251 e. The molecule has 7 nitrogen and oxygen atoms in total. The fourth-order valence-corrected chi connectivity index (χ4v) is 4.88. The van der Waals surface area contributed by atoms with Crippen LogP contribution in [0.2, 0.25) is 0 Å². The van der Waals surface area contributed by atoms with Crippen LogP contribution in [0.1, 0.15) is 25.3 Å². The van der Waals surface area contributed by atoms with Crippen molar-refractivity contribution in [3.05, 3.63) is 23.8 Å². The zero-order valence-corrected chi connectivity index (χ0v) is 17.5. The minimum Gasteiger partial charge on any atom is -0.308 e. The normalized spacial score (nSPS) is 21.2. The molecule has 1 saturated heterocycles. The Hall–Kier alpha value is -1.62. The van der Waals surface area contributed by atoms with Crippen molar-refractivity contribution in [1.29, 1.82) is 0 Å². The number of likely N-dealkylation sites (tertiary alicyclic amines) is 1. The molecule has 2 aliphatic heterocycles. The van der Waals surface area contributed by atoms with Gasteiger partial charge >= 0.3 is 0 Å². The molecule has 0 saturated carbocycles. The van der Waals surface area contributed by atoms with Crippen molar-refractivity contribution in [3.8, 4) is 0 Å². The number of benzene rings is 1. The van der Waals surface area contributed by atoms with Gasteiger partial charge in [0, 0.05) is 30.9 Å². The third-order valence-electron chi connectivity index (χ3n) is 5.83. The Kier molecular flexibility index (Phi) is 6.57. The Balaban J connectivity index is 1.61. The highest BCUT2D eigenvalue weighted by atomic mass is 32.2. The average molecular weight is 431 g/mol. The number of hydrogen-bond acceptors (Lipinski definition) is 5. The van der Waals surface area contributed by atoms with E-state index in [2.05, 4.69) is 4.90 Å². The number of nitrogens with two attached hydrogens (primary N) is 1.